The molecular formula is C15H22ClN3O. The molecule has 1 aliphatic heterocycles. The van der Waals surface area contributed by atoms with E-state index in [0.29, 0.717) is 5.02 Å². The lowest BCUT2D eigenvalue weighted by molar-refractivity contribution is -0.122. The van der Waals surface area contributed by atoms with Gasteiger partial charge in [-0.1, -0.05) is 17.7 Å². The van der Waals surface area contributed by atoms with E-state index in [2.05, 4.69) is 21.6 Å². The van der Waals surface area contributed by atoms with E-state index < -0.39 is 0 Å². The maximum atomic E-state index is 12.0. The number of amides is 1. The van der Waals surface area contributed by atoms with Crippen LogP contribution in [0.3, 0.4) is 0 Å². The number of halogens is 1. The Kier molecular flexibility index (Phi) is 5.26. The lowest BCUT2D eigenvalue weighted by Crippen LogP contribution is -2.49. The third kappa shape index (κ3) is 3.25. The molecule has 0 aromatic heterocycles. The van der Waals surface area contributed by atoms with E-state index in [1.807, 2.05) is 19.2 Å². The van der Waals surface area contributed by atoms with Crippen molar-refractivity contribution in [1.82, 2.24) is 10.6 Å². The first kappa shape index (κ1) is 15.1. The number of carbonyl (C=O) groups is 1. The molecule has 1 saturated heterocycles. The zero-order chi connectivity index (χ0) is 14.5. The molecule has 1 atom stereocenters. The van der Waals surface area contributed by atoms with Crippen LogP contribution >= 0.6 is 11.6 Å². The molecule has 1 aromatic rings. The summed E-state index contributed by atoms with van der Waals surface area (Å²) in [7, 11) is 3.60. The van der Waals surface area contributed by atoms with Crippen molar-refractivity contribution in [3.8, 4) is 0 Å². The Labute approximate surface area is 125 Å². The normalized spacial score (nSPS) is 18.9. The standard InChI is InChI=1S/C15H22ClN3O/c1-17-10-11-6-7-13(12(16)9-11)19-8-4-3-5-14(19)15(20)18-2/h6-7,9,14,17H,3-5,8,10H2,1-2H3,(H,18,20). The molecule has 0 aliphatic carbocycles. The van der Waals surface area contributed by atoms with E-state index in [9.17, 15) is 4.79 Å². The summed E-state index contributed by atoms with van der Waals surface area (Å²) in [5.74, 6) is 0.0695. The summed E-state index contributed by atoms with van der Waals surface area (Å²) in [5.41, 5.74) is 2.11. The van der Waals surface area contributed by atoms with Crippen LogP contribution in [0.25, 0.3) is 0 Å². The monoisotopic (exact) mass is 295 g/mol. The molecule has 2 N–H and O–H groups in total. The first-order valence-corrected chi connectivity index (χ1v) is 7.46. The molecule has 0 radical (unpaired) electrons. The van der Waals surface area contributed by atoms with Crippen molar-refractivity contribution < 1.29 is 4.79 Å². The van der Waals surface area contributed by atoms with Crippen LogP contribution in [0, 0.1) is 0 Å². The van der Waals surface area contributed by atoms with Crippen molar-refractivity contribution in [2.75, 3.05) is 25.5 Å². The molecule has 2 rings (SSSR count). The molecule has 1 fully saturated rings. The minimum absolute atomic E-state index is 0.0695. The molecule has 1 aliphatic rings. The van der Waals surface area contributed by atoms with Gasteiger partial charge in [0.25, 0.3) is 0 Å². The Morgan fingerprint density at radius 2 is 2.20 bits per heavy atom. The van der Waals surface area contributed by atoms with Gasteiger partial charge >= 0.3 is 0 Å². The zero-order valence-corrected chi connectivity index (χ0v) is 12.8. The average molecular weight is 296 g/mol. The van der Waals surface area contributed by atoms with E-state index >= 15 is 0 Å². The first-order valence-electron chi connectivity index (χ1n) is 7.08. The highest BCUT2D eigenvalue weighted by molar-refractivity contribution is 6.33. The average Bonchev–Trinajstić information content (AvgIpc) is 2.47. The van der Waals surface area contributed by atoms with Gasteiger partial charge in [0.2, 0.25) is 5.91 Å². The molecule has 20 heavy (non-hydrogen) atoms. The van der Waals surface area contributed by atoms with Gasteiger partial charge in [0.1, 0.15) is 6.04 Å². The molecule has 0 bridgehead atoms. The van der Waals surface area contributed by atoms with Gasteiger partial charge in [0.15, 0.2) is 0 Å². The second-order valence-corrected chi connectivity index (χ2v) is 5.54. The number of hydrogen-bond donors (Lipinski definition) is 2. The molecule has 1 aromatic carbocycles. The molecule has 5 heteroatoms. The Morgan fingerprint density at radius 1 is 1.40 bits per heavy atom. The number of piperidine rings is 1. The fraction of sp³-hybridized carbons (Fsp3) is 0.533. The van der Waals surface area contributed by atoms with Crippen LogP contribution in [0.1, 0.15) is 24.8 Å². The van der Waals surface area contributed by atoms with Crippen molar-refractivity contribution in [3.05, 3.63) is 28.8 Å². The summed E-state index contributed by atoms with van der Waals surface area (Å²) < 4.78 is 0. The number of anilines is 1. The number of likely N-dealkylation sites (N-methyl/N-ethyl adjacent to an activating group) is 1. The Bertz CT molecular complexity index is 478. The van der Waals surface area contributed by atoms with Gasteiger partial charge in [0, 0.05) is 20.1 Å². The number of nitrogens with zero attached hydrogens (tertiary/aromatic N) is 1. The minimum atomic E-state index is -0.110. The second kappa shape index (κ2) is 6.95. The van der Waals surface area contributed by atoms with Gasteiger partial charge in [-0.2, -0.15) is 0 Å². The summed E-state index contributed by atoms with van der Waals surface area (Å²) in [6.45, 7) is 1.67. The van der Waals surface area contributed by atoms with Crippen molar-refractivity contribution >= 4 is 23.2 Å². The van der Waals surface area contributed by atoms with E-state index in [4.69, 9.17) is 11.6 Å². The predicted octanol–water partition coefficient (Wildman–Crippen LogP) is 2.16. The van der Waals surface area contributed by atoms with Crippen molar-refractivity contribution in [3.63, 3.8) is 0 Å². The van der Waals surface area contributed by atoms with Crippen molar-refractivity contribution in [1.29, 1.82) is 0 Å². The van der Waals surface area contributed by atoms with Crippen LogP contribution < -0.4 is 15.5 Å². The number of benzene rings is 1. The quantitative estimate of drug-likeness (QED) is 0.895. The van der Waals surface area contributed by atoms with E-state index in [1.54, 1.807) is 7.05 Å². The fourth-order valence-electron chi connectivity index (χ4n) is 2.76. The highest BCUT2D eigenvalue weighted by Gasteiger charge is 2.29. The van der Waals surface area contributed by atoms with Crippen LogP contribution in [-0.4, -0.2) is 32.6 Å². The summed E-state index contributed by atoms with van der Waals surface area (Å²) in [6.07, 6.45) is 3.07. The molecule has 1 amide bonds. The molecule has 1 unspecified atom stereocenters. The van der Waals surface area contributed by atoms with E-state index in [1.165, 1.54) is 0 Å². The highest BCUT2D eigenvalue weighted by Crippen LogP contribution is 2.32. The van der Waals surface area contributed by atoms with Crippen molar-refractivity contribution in [2.24, 2.45) is 0 Å². The Hall–Kier alpha value is -1.26. The number of hydrogen-bond acceptors (Lipinski definition) is 3. The predicted molar refractivity (Wildman–Crippen MR) is 83.3 cm³/mol. The third-order valence-electron chi connectivity index (χ3n) is 3.75. The third-order valence-corrected chi connectivity index (χ3v) is 4.06. The van der Waals surface area contributed by atoms with E-state index in [0.717, 1.165) is 43.6 Å². The minimum Gasteiger partial charge on any atom is -0.358 e. The molecule has 4 nitrogen and oxygen atoms in total. The molecule has 0 spiro atoms. The smallest absolute Gasteiger partial charge is 0.242 e. The largest absolute Gasteiger partial charge is 0.358 e. The lowest BCUT2D eigenvalue weighted by Gasteiger charge is -2.36. The van der Waals surface area contributed by atoms with Crippen LogP contribution in [0.4, 0.5) is 5.69 Å². The maximum absolute atomic E-state index is 12.0. The summed E-state index contributed by atoms with van der Waals surface area (Å²) in [5, 5.41) is 6.58. The van der Waals surface area contributed by atoms with Crippen LogP contribution in [0.2, 0.25) is 5.02 Å². The van der Waals surface area contributed by atoms with Crippen LogP contribution in [0.15, 0.2) is 18.2 Å². The highest BCUT2D eigenvalue weighted by atomic mass is 35.5. The van der Waals surface area contributed by atoms with Crippen molar-refractivity contribution in [2.45, 2.75) is 31.8 Å². The Balaban J connectivity index is 2.25. The van der Waals surface area contributed by atoms with Crippen LogP contribution in [-0.2, 0) is 11.3 Å². The van der Waals surface area contributed by atoms with Crippen LogP contribution in [0.5, 0.6) is 0 Å². The maximum Gasteiger partial charge on any atom is 0.242 e. The molecule has 110 valence electrons. The van der Waals surface area contributed by atoms with Gasteiger partial charge in [-0.25, -0.2) is 0 Å². The molecule has 0 saturated carbocycles. The lowest BCUT2D eigenvalue weighted by atomic mass is 10.00. The molecule has 1 heterocycles. The topological polar surface area (TPSA) is 44.4 Å². The fourth-order valence-corrected chi connectivity index (χ4v) is 3.07. The number of nitrogens with one attached hydrogen (secondary N) is 2. The van der Waals surface area contributed by atoms with Gasteiger partial charge in [0.05, 0.1) is 10.7 Å². The SMILES string of the molecule is CNCc1ccc(N2CCCCC2C(=O)NC)c(Cl)c1. The van der Waals surface area contributed by atoms with Gasteiger partial charge in [-0.3, -0.25) is 4.79 Å². The number of rotatable bonds is 4. The van der Waals surface area contributed by atoms with Gasteiger partial charge < -0.3 is 15.5 Å². The summed E-state index contributed by atoms with van der Waals surface area (Å²) in [4.78, 5) is 14.2. The summed E-state index contributed by atoms with van der Waals surface area (Å²) in [6, 6.07) is 5.95. The Morgan fingerprint density at radius 3 is 2.85 bits per heavy atom. The zero-order valence-electron chi connectivity index (χ0n) is 12.1. The summed E-state index contributed by atoms with van der Waals surface area (Å²) >= 11 is 6.41. The molecular weight excluding hydrogens is 274 g/mol. The number of carbonyl (C=O) groups excluding carboxylic acids is 1. The van der Waals surface area contributed by atoms with E-state index in [-0.39, 0.29) is 11.9 Å². The second-order valence-electron chi connectivity index (χ2n) is 5.14. The van der Waals surface area contributed by atoms with Gasteiger partial charge in [-0.05, 0) is 44.0 Å². The van der Waals surface area contributed by atoms with Gasteiger partial charge in [-0.15, -0.1) is 0 Å². The first-order chi connectivity index (χ1) is 9.67.